The fourth-order valence-electron chi connectivity index (χ4n) is 2.09. The summed E-state index contributed by atoms with van der Waals surface area (Å²) < 4.78 is 0. The molecule has 0 radical (unpaired) electrons. The van der Waals surface area contributed by atoms with Gasteiger partial charge >= 0.3 is 5.97 Å². The number of hydrogen-bond acceptors (Lipinski definition) is 2. The molecule has 0 saturated heterocycles. The van der Waals surface area contributed by atoms with E-state index < -0.39 is 5.97 Å². The summed E-state index contributed by atoms with van der Waals surface area (Å²) >= 11 is 0. The van der Waals surface area contributed by atoms with Crippen LogP contribution in [0.15, 0.2) is 48.5 Å². The van der Waals surface area contributed by atoms with E-state index in [2.05, 4.69) is 6.92 Å². The van der Waals surface area contributed by atoms with Gasteiger partial charge in [0.25, 0.3) is 0 Å². The van der Waals surface area contributed by atoms with Gasteiger partial charge in [0.15, 0.2) is 0 Å². The lowest BCUT2D eigenvalue weighted by atomic mass is 9.93. The van der Waals surface area contributed by atoms with Gasteiger partial charge in [-0.15, -0.1) is 0 Å². The van der Waals surface area contributed by atoms with E-state index >= 15 is 0 Å². The Labute approximate surface area is 112 Å². The summed E-state index contributed by atoms with van der Waals surface area (Å²) in [5, 5.41) is 18.3. The minimum atomic E-state index is -0.910. The van der Waals surface area contributed by atoms with Crippen LogP contribution in [0.5, 0.6) is 5.75 Å². The summed E-state index contributed by atoms with van der Waals surface area (Å²) in [7, 11) is 0. The summed E-state index contributed by atoms with van der Waals surface area (Å²) in [5.41, 5.74) is 2.46. The highest BCUT2D eigenvalue weighted by Crippen LogP contribution is 2.23. The number of hydrogen-bond donors (Lipinski definition) is 2. The molecule has 2 rings (SSSR count). The Morgan fingerprint density at radius 1 is 1.16 bits per heavy atom. The van der Waals surface area contributed by atoms with Gasteiger partial charge in [-0.25, -0.2) is 4.79 Å². The van der Waals surface area contributed by atoms with Gasteiger partial charge in [-0.1, -0.05) is 31.2 Å². The van der Waals surface area contributed by atoms with E-state index in [9.17, 15) is 9.90 Å². The predicted molar refractivity (Wildman–Crippen MR) is 73.6 cm³/mol. The molecule has 0 bridgehead atoms. The molecule has 0 aliphatic carbocycles. The minimum Gasteiger partial charge on any atom is -0.508 e. The van der Waals surface area contributed by atoms with E-state index in [-0.39, 0.29) is 11.7 Å². The largest absolute Gasteiger partial charge is 0.508 e. The number of aromatic carboxylic acids is 1. The Hall–Kier alpha value is -2.29. The van der Waals surface area contributed by atoms with E-state index in [0.717, 1.165) is 17.5 Å². The van der Waals surface area contributed by atoms with Crippen LogP contribution in [-0.4, -0.2) is 16.2 Å². The van der Waals surface area contributed by atoms with Crippen molar-refractivity contribution < 1.29 is 15.0 Å². The Kier molecular flexibility index (Phi) is 3.85. The Bertz CT molecular complexity index is 573. The van der Waals surface area contributed by atoms with Crippen molar-refractivity contribution in [3.8, 4) is 5.75 Å². The van der Waals surface area contributed by atoms with E-state index in [4.69, 9.17) is 5.11 Å². The van der Waals surface area contributed by atoms with Gasteiger partial charge in [0.05, 0.1) is 5.56 Å². The summed E-state index contributed by atoms with van der Waals surface area (Å²) in [6.07, 6.45) is 0.809. The van der Waals surface area contributed by atoms with Crippen LogP contribution in [0.4, 0.5) is 0 Å². The van der Waals surface area contributed by atoms with Crippen molar-refractivity contribution >= 4 is 5.97 Å². The van der Waals surface area contributed by atoms with Crippen LogP contribution in [0.3, 0.4) is 0 Å². The standard InChI is InChI=1S/C16H16O3/c1-11(14-3-2-4-15(17)10-14)9-12-5-7-13(8-6-12)16(18)19/h2-8,10-11,17H,9H2,1H3,(H,18,19)/t11-/m0/s1. The van der Waals surface area contributed by atoms with Crippen molar-refractivity contribution in [3.05, 3.63) is 65.2 Å². The molecule has 0 spiro atoms. The fourth-order valence-corrected chi connectivity index (χ4v) is 2.09. The monoisotopic (exact) mass is 256 g/mol. The molecule has 2 aromatic carbocycles. The third-order valence-corrected chi connectivity index (χ3v) is 3.18. The second-order valence-corrected chi connectivity index (χ2v) is 4.70. The molecule has 0 amide bonds. The van der Waals surface area contributed by atoms with Gasteiger partial charge in [0.1, 0.15) is 5.75 Å². The van der Waals surface area contributed by atoms with Crippen LogP contribution < -0.4 is 0 Å². The summed E-state index contributed by atoms with van der Waals surface area (Å²) in [4.78, 5) is 10.8. The lowest BCUT2D eigenvalue weighted by molar-refractivity contribution is 0.0697. The van der Waals surface area contributed by atoms with Gasteiger partial charge in [0, 0.05) is 0 Å². The third-order valence-electron chi connectivity index (χ3n) is 3.18. The maximum atomic E-state index is 10.8. The number of benzene rings is 2. The van der Waals surface area contributed by atoms with Crippen LogP contribution in [0.25, 0.3) is 0 Å². The van der Waals surface area contributed by atoms with Crippen molar-refractivity contribution in [1.82, 2.24) is 0 Å². The maximum Gasteiger partial charge on any atom is 0.335 e. The first-order valence-electron chi connectivity index (χ1n) is 6.17. The van der Waals surface area contributed by atoms with Crippen molar-refractivity contribution in [2.45, 2.75) is 19.3 Å². The van der Waals surface area contributed by atoms with Gasteiger partial charge in [-0.2, -0.15) is 0 Å². The van der Waals surface area contributed by atoms with Crippen molar-refractivity contribution in [2.24, 2.45) is 0 Å². The van der Waals surface area contributed by atoms with Gasteiger partial charge in [-0.05, 0) is 47.7 Å². The molecule has 98 valence electrons. The van der Waals surface area contributed by atoms with E-state index in [1.165, 1.54) is 0 Å². The van der Waals surface area contributed by atoms with Crippen molar-refractivity contribution in [3.63, 3.8) is 0 Å². The highest BCUT2D eigenvalue weighted by molar-refractivity contribution is 5.87. The molecule has 3 heteroatoms. The van der Waals surface area contributed by atoms with Crippen LogP contribution in [-0.2, 0) is 6.42 Å². The van der Waals surface area contributed by atoms with Crippen LogP contribution in [0.1, 0.15) is 34.3 Å². The topological polar surface area (TPSA) is 57.5 Å². The summed E-state index contributed by atoms with van der Waals surface area (Å²) in [6.45, 7) is 2.08. The normalized spacial score (nSPS) is 12.1. The molecule has 0 saturated carbocycles. The number of aromatic hydroxyl groups is 1. The van der Waals surface area contributed by atoms with Crippen LogP contribution in [0.2, 0.25) is 0 Å². The Morgan fingerprint density at radius 3 is 2.42 bits per heavy atom. The zero-order valence-corrected chi connectivity index (χ0v) is 10.7. The summed E-state index contributed by atoms with van der Waals surface area (Å²) in [6, 6.07) is 14.1. The quantitative estimate of drug-likeness (QED) is 0.881. The van der Waals surface area contributed by atoms with E-state index in [1.807, 2.05) is 24.3 Å². The summed E-state index contributed by atoms with van der Waals surface area (Å²) in [5.74, 6) is -0.374. The first kappa shape index (κ1) is 13.1. The molecule has 19 heavy (non-hydrogen) atoms. The zero-order valence-electron chi connectivity index (χ0n) is 10.7. The molecule has 0 aliphatic rings. The number of phenols is 1. The van der Waals surface area contributed by atoms with Gasteiger partial charge < -0.3 is 10.2 Å². The number of carboxylic acid groups (broad SMARTS) is 1. The Morgan fingerprint density at radius 2 is 1.84 bits per heavy atom. The molecule has 1 atom stereocenters. The third kappa shape index (κ3) is 3.35. The van der Waals surface area contributed by atoms with Gasteiger partial charge in [0.2, 0.25) is 0 Å². The van der Waals surface area contributed by atoms with Crippen molar-refractivity contribution in [1.29, 1.82) is 0 Å². The van der Waals surface area contributed by atoms with E-state index in [1.54, 1.807) is 24.3 Å². The fraction of sp³-hybridized carbons (Fsp3) is 0.188. The predicted octanol–water partition coefficient (Wildman–Crippen LogP) is 3.44. The smallest absolute Gasteiger partial charge is 0.335 e. The molecule has 2 aromatic rings. The van der Waals surface area contributed by atoms with E-state index in [0.29, 0.717) is 5.56 Å². The molecular weight excluding hydrogens is 240 g/mol. The molecule has 0 unspecified atom stereocenters. The Balaban J connectivity index is 2.10. The molecule has 2 N–H and O–H groups in total. The first-order chi connectivity index (χ1) is 9.06. The number of carboxylic acids is 1. The number of phenolic OH excluding ortho intramolecular Hbond substituents is 1. The SMILES string of the molecule is C[C@@H](Cc1ccc(C(=O)O)cc1)c1cccc(O)c1. The maximum absolute atomic E-state index is 10.8. The van der Waals surface area contributed by atoms with Crippen molar-refractivity contribution in [2.75, 3.05) is 0 Å². The zero-order chi connectivity index (χ0) is 13.8. The molecule has 0 aromatic heterocycles. The lowest BCUT2D eigenvalue weighted by Crippen LogP contribution is -2.00. The highest BCUT2D eigenvalue weighted by atomic mass is 16.4. The van der Waals surface area contributed by atoms with Crippen LogP contribution in [0, 0.1) is 0 Å². The molecular formula is C16H16O3. The average molecular weight is 256 g/mol. The molecule has 0 heterocycles. The minimum absolute atomic E-state index is 0.266. The molecule has 3 nitrogen and oxygen atoms in total. The van der Waals surface area contributed by atoms with Crippen LogP contribution >= 0.6 is 0 Å². The molecule has 0 fully saturated rings. The average Bonchev–Trinajstić information content (AvgIpc) is 2.39. The number of carbonyl (C=O) groups is 1. The first-order valence-corrected chi connectivity index (χ1v) is 6.17. The van der Waals surface area contributed by atoms with Gasteiger partial charge in [-0.3, -0.25) is 0 Å². The molecule has 0 aliphatic heterocycles. The second kappa shape index (κ2) is 5.57. The second-order valence-electron chi connectivity index (χ2n) is 4.70. The highest BCUT2D eigenvalue weighted by Gasteiger charge is 2.08. The lowest BCUT2D eigenvalue weighted by Gasteiger charge is -2.12. The number of rotatable bonds is 4.